The van der Waals surface area contributed by atoms with Crippen LogP contribution in [0.3, 0.4) is 0 Å². The highest BCUT2D eigenvalue weighted by atomic mass is 79.9. The maximum Gasteiger partial charge on any atom is 0.252 e. The van der Waals surface area contributed by atoms with Gasteiger partial charge in [0.2, 0.25) is 0 Å². The van der Waals surface area contributed by atoms with Crippen molar-refractivity contribution in [3.63, 3.8) is 0 Å². The van der Waals surface area contributed by atoms with Crippen LogP contribution in [-0.2, 0) is 0 Å². The molecule has 18 heavy (non-hydrogen) atoms. The van der Waals surface area contributed by atoms with Gasteiger partial charge in [0.05, 0.1) is 5.56 Å². The minimum Gasteiger partial charge on any atom is -0.396 e. The molecule has 0 bridgehead atoms. The van der Waals surface area contributed by atoms with Crippen LogP contribution in [0.5, 0.6) is 0 Å². The summed E-state index contributed by atoms with van der Waals surface area (Å²) in [6.07, 6.45) is 2.94. The second kappa shape index (κ2) is 5.63. The van der Waals surface area contributed by atoms with Crippen molar-refractivity contribution in [1.82, 2.24) is 5.32 Å². The summed E-state index contributed by atoms with van der Waals surface area (Å²) in [4.78, 5) is 12.7. The van der Waals surface area contributed by atoms with Crippen LogP contribution in [0, 0.1) is 5.41 Å². The lowest BCUT2D eigenvalue weighted by atomic mass is 10.0. The molecule has 0 spiro atoms. The van der Waals surface area contributed by atoms with Crippen LogP contribution in [0.25, 0.3) is 0 Å². The van der Waals surface area contributed by atoms with Gasteiger partial charge in [-0.3, -0.25) is 4.79 Å². The van der Waals surface area contributed by atoms with E-state index in [9.17, 15) is 4.79 Å². The standard InChI is InChI=1S/C13H16BrNO2S/c14-9-1-2-10(11(18)7-9)12(17)15-8-13(3-4-13)5-6-16/h1-2,7,16,18H,3-6,8H2,(H,15,17). The van der Waals surface area contributed by atoms with E-state index >= 15 is 0 Å². The second-order valence-electron chi connectivity index (χ2n) is 4.82. The van der Waals surface area contributed by atoms with E-state index < -0.39 is 0 Å². The smallest absolute Gasteiger partial charge is 0.252 e. The van der Waals surface area contributed by atoms with E-state index in [-0.39, 0.29) is 17.9 Å². The highest BCUT2D eigenvalue weighted by molar-refractivity contribution is 9.10. The summed E-state index contributed by atoms with van der Waals surface area (Å²) in [6, 6.07) is 5.39. The Labute approximate surface area is 121 Å². The van der Waals surface area contributed by atoms with E-state index in [1.54, 1.807) is 12.1 Å². The van der Waals surface area contributed by atoms with Crippen LogP contribution in [0.4, 0.5) is 0 Å². The van der Waals surface area contributed by atoms with E-state index in [0.29, 0.717) is 17.0 Å². The molecule has 1 fully saturated rings. The van der Waals surface area contributed by atoms with Gasteiger partial charge in [0, 0.05) is 22.5 Å². The Morgan fingerprint density at radius 2 is 2.22 bits per heavy atom. The molecule has 0 heterocycles. The fourth-order valence-corrected chi connectivity index (χ4v) is 2.84. The van der Waals surface area contributed by atoms with Crippen LogP contribution < -0.4 is 5.32 Å². The van der Waals surface area contributed by atoms with Crippen molar-refractivity contribution in [3.05, 3.63) is 28.2 Å². The fraction of sp³-hybridized carbons (Fsp3) is 0.462. The number of aliphatic hydroxyl groups is 1. The summed E-state index contributed by atoms with van der Waals surface area (Å²) < 4.78 is 0.906. The molecule has 0 unspecified atom stereocenters. The molecule has 0 saturated heterocycles. The van der Waals surface area contributed by atoms with Gasteiger partial charge in [-0.05, 0) is 42.9 Å². The summed E-state index contributed by atoms with van der Waals surface area (Å²) in [5.41, 5.74) is 0.720. The largest absolute Gasteiger partial charge is 0.396 e. The van der Waals surface area contributed by atoms with E-state index in [2.05, 4.69) is 33.9 Å². The molecular formula is C13H16BrNO2S. The quantitative estimate of drug-likeness (QED) is 0.727. The third-order valence-electron chi connectivity index (χ3n) is 3.43. The minimum atomic E-state index is -0.100. The number of halogens is 1. The van der Waals surface area contributed by atoms with Crippen molar-refractivity contribution in [2.45, 2.75) is 24.2 Å². The number of hydrogen-bond acceptors (Lipinski definition) is 3. The third kappa shape index (κ3) is 3.28. The molecule has 1 aromatic carbocycles. The van der Waals surface area contributed by atoms with Gasteiger partial charge < -0.3 is 10.4 Å². The lowest BCUT2D eigenvalue weighted by Crippen LogP contribution is -2.30. The monoisotopic (exact) mass is 329 g/mol. The summed E-state index contributed by atoms with van der Waals surface area (Å²) in [6.45, 7) is 0.821. The third-order valence-corrected chi connectivity index (χ3v) is 4.29. The van der Waals surface area contributed by atoms with Gasteiger partial charge in [0.15, 0.2) is 0 Å². The number of aliphatic hydroxyl groups excluding tert-OH is 1. The molecule has 0 aromatic heterocycles. The van der Waals surface area contributed by atoms with Gasteiger partial charge in [-0.15, -0.1) is 12.6 Å². The summed E-state index contributed by atoms with van der Waals surface area (Å²) in [7, 11) is 0. The molecule has 3 nitrogen and oxygen atoms in total. The molecule has 1 amide bonds. The molecule has 5 heteroatoms. The van der Waals surface area contributed by atoms with Crippen LogP contribution in [0.15, 0.2) is 27.6 Å². The van der Waals surface area contributed by atoms with E-state index in [0.717, 1.165) is 23.7 Å². The molecule has 98 valence electrons. The van der Waals surface area contributed by atoms with Crippen molar-refractivity contribution in [3.8, 4) is 0 Å². The van der Waals surface area contributed by atoms with E-state index in [4.69, 9.17) is 5.11 Å². The average Bonchev–Trinajstić information content (AvgIpc) is 3.07. The Morgan fingerprint density at radius 1 is 1.50 bits per heavy atom. The molecule has 0 aliphatic heterocycles. The Hall–Kier alpha value is -0.520. The van der Waals surface area contributed by atoms with Gasteiger partial charge in [-0.25, -0.2) is 0 Å². The Balaban J connectivity index is 1.96. The Morgan fingerprint density at radius 3 is 2.78 bits per heavy atom. The molecule has 2 rings (SSSR count). The molecule has 2 N–H and O–H groups in total. The summed E-state index contributed by atoms with van der Waals surface area (Å²) in [5.74, 6) is -0.100. The minimum absolute atomic E-state index is 0.100. The highest BCUT2D eigenvalue weighted by Crippen LogP contribution is 2.47. The van der Waals surface area contributed by atoms with Crippen LogP contribution in [0.1, 0.15) is 29.6 Å². The maximum atomic E-state index is 12.0. The summed E-state index contributed by atoms with van der Waals surface area (Å²) >= 11 is 7.64. The van der Waals surface area contributed by atoms with Gasteiger partial charge in [-0.1, -0.05) is 15.9 Å². The molecule has 1 aliphatic rings. The molecule has 0 atom stereocenters. The fourth-order valence-electron chi connectivity index (χ4n) is 1.99. The first-order valence-electron chi connectivity index (χ1n) is 5.94. The Kier molecular flexibility index (Phi) is 4.35. The number of benzene rings is 1. The Bertz CT molecular complexity index is 460. The van der Waals surface area contributed by atoms with Crippen molar-refractivity contribution < 1.29 is 9.90 Å². The molecule has 1 aromatic rings. The molecule has 1 aliphatic carbocycles. The van der Waals surface area contributed by atoms with Crippen molar-refractivity contribution in [2.75, 3.05) is 13.2 Å². The lowest BCUT2D eigenvalue weighted by Gasteiger charge is -2.15. The number of carbonyl (C=O) groups is 1. The second-order valence-corrected chi connectivity index (χ2v) is 6.22. The number of amides is 1. The number of thiol groups is 1. The molecule has 0 radical (unpaired) electrons. The van der Waals surface area contributed by atoms with E-state index in [1.165, 1.54) is 0 Å². The zero-order chi connectivity index (χ0) is 13.2. The predicted octanol–water partition coefficient (Wildman–Crippen LogP) is 2.63. The lowest BCUT2D eigenvalue weighted by molar-refractivity contribution is 0.0938. The van der Waals surface area contributed by atoms with Gasteiger partial charge in [0.25, 0.3) is 5.91 Å². The number of nitrogens with one attached hydrogen (secondary N) is 1. The highest BCUT2D eigenvalue weighted by Gasteiger charge is 2.41. The number of carbonyl (C=O) groups excluding carboxylic acids is 1. The topological polar surface area (TPSA) is 49.3 Å². The van der Waals surface area contributed by atoms with Gasteiger partial charge in [0.1, 0.15) is 0 Å². The van der Waals surface area contributed by atoms with Crippen molar-refractivity contribution >= 4 is 34.5 Å². The normalized spacial score (nSPS) is 16.4. The van der Waals surface area contributed by atoms with Gasteiger partial charge >= 0.3 is 0 Å². The van der Waals surface area contributed by atoms with Crippen LogP contribution >= 0.6 is 28.6 Å². The summed E-state index contributed by atoms with van der Waals surface area (Å²) in [5, 5.41) is 11.9. The van der Waals surface area contributed by atoms with Crippen LogP contribution in [-0.4, -0.2) is 24.2 Å². The molecular weight excluding hydrogens is 314 g/mol. The maximum absolute atomic E-state index is 12.0. The van der Waals surface area contributed by atoms with Crippen molar-refractivity contribution in [1.29, 1.82) is 0 Å². The first-order valence-corrected chi connectivity index (χ1v) is 7.18. The zero-order valence-electron chi connectivity index (χ0n) is 9.95. The predicted molar refractivity (Wildman–Crippen MR) is 77.1 cm³/mol. The zero-order valence-corrected chi connectivity index (χ0v) is 12.4. The van der Waals surface area contributed by atoms with E-state index in [1.807, 2.05) is 6.07 Å². The first-order chi connectivity index (χ1) is 8.56. The van der Waals surface area contributed by atoms with Gasteiger partial charge in [-0.2, -0.15) is 0 Å². The molecule has 1 saturated carbocycles. The number of rotatable bonds is 5. The SMILES string of the molecule is O=C(NCC1(CCO)CC1)c1ccc(Br)cc1S. The average molecular weight is 330 g/mol. The van der Waals surface area contributed by atoms with Crippen molar-refractivity contribution in [2.24, 2.45) is 5.41 Å². The van der Waals surface area contributed by atoms with Crippen LogP contribution in [0.2, 0.25) is 0 Å². The first kappa shape index (κ1) is 13.9. The number of hydrogen-bond donors (Lipinski definition) is 3.